The number of nitrogens with two attached hydrogens (primary N) is 2. The largest absolute Gasteiger partial charge is 0.490 e. The Labute approximate surface area is 206 Å². The fourth-order valence-electron chi connectivity index (χ4n) is 3.17. The minimum Gasteiger partial charge on any atom is -0.490 e. The van der Waals surface area contributed by atoms with Crippen molar-refractivity contribution in [2.24, 2.45) is 5.73 Å². The van der Waals surface area contributed by atoms with E-state index in [1.54, 1.807) is 6.20 Å². The van der Waals surface area contributed by atoms with Crippen molar-refractivity contribution in [3.8, 4) is 28.5 Å². The van der Waals surface area contributed by atoms with Gasteiger partial charge in [-0.15, -0.1) is 0 Å². The zero-order valence-corrected chi connectivity index (χ0v) is 19.5. The molecule has 0 amide bonds. The van der Waals surface area contributed by atoms with Crippen molar-refractivity contribution >= 4 is 34.4 Å². The molecule has 0 spiro atoms. The lowest BCUT2D eigenvalue weighted by Crippen LogP contribution is -2.21. The number of imidazole rings is 1. The van der Waals surface area contributed by atoms with Gasteiger partial charge in [0.15, 0.2) is 23.1 Å². The molecule has 3 heterocycles. The number of aromatic nitrogens is 5. The van der Waals surface area contributed by atoms with Gasteiger partial charge in [-0.2, -0.15) is 13.2 Å². The molecule has 3 aromatic heterocycles. The van der Waals surface area contributed by atoms with Gasteiger partial charge in [-0.05, 0) is 42.3 Å². The standard InChI is InChI=1S/C19H20ClN7O2.C2HF3O2/c1-2-27-17-13(28-8-4-7-21)10-23-14(11-5-3-6-12(20)9-11)15(17)24-19(27)16-18(22)26-29-25-16;3-2(4,5)1(6)7/h3,5-6,9-10H,2,4,7-8,21H2,1H3,(H2,22,26);(H,6,7). The highest BCUT2D eigenvalue weighted by Gasteiger charge is 2.38. The molecule has 0 bridgehead atoms. The molecular weight excluding hydrogens is 507 g/mol. The molecule has 36 heavy (non-hydrogen) atoms. The van der Waals surface area contributed by atoms with Gasteiger partial charge in [0.05, 0.1) is 18.5 Å². The Bertz CT molecular complexity index is 1360. The van der Waals surface area contributed by atoms with Gasteiger partial charge in [-0.3, -0.25) is 0 Å². The van der Waals surface area contributed by atoms with Crippen LogP contribution in [0.5, 0.6) is 5.75 Å². The van der Waals surface area contributed by atoms with E-state index in [1.807, 2.05) is 35.8 Å². The van der Waals surface area contributed by atoms with Crippen LogP contribution in [0.4, 0.5) is 19.0 Å². The molecule has 0 atom stereocenters. The summed E-state index contributed by atoms with van der Waals surface area (Å²) in [6.07, 6.45) is -2.66. The Balaban J connectivity index is 0.000000454. The molecule has 0 aliphatic heterocycles. The lowest BCUT2D eigenvalue weighted by molar-refractivity contribution is -0.192. The van der Waals surface area contributed by atoms with Crippen LogP contribution >= 0.6 is 11.6 Å². The second-order valence-corrected chi connectivity index (χ2v) is 7.59. The summed E-state index contributed by atoms with van der Waals surface area (Å²) in [6, 6.07) is 7.45. The first-order valence-electron chi connectivity index (χ1n) is 10.4. The minimum atomic E-state index is -5.08. The van der Waals surface area contributed by atoms with E-state index in [1.165, 1.54) is 0 Å². The number of rotatable bonds is 7. The van der Waals surface area contributed by atoms with Crippen LogP contribution in [0.15, 0.2) is 35.1 Å². The number of hydrogen-bond donors (Lipinski definition) is 3. The first-order chi connectivity index (χ1) is 17.1. The van der Waals surface area contributed by atoms with Crippen molar-refractivity contribution in [2.75, 3.05) is 18.9 Å². The van der Waals surface area contributed by atoms with E-state index in [-0.39, 0.29) is 5.82 Å². The number of nitrogen functional groups attached to an aromatic ring is 1. The van der Waals surface area contributed by atoms with E-state index >= 15 is 0 Å². The number of halogens is 4. The maximum atomic E-state index is 10.6. The van der Waals surface area contributed by atoms with Gasteiger partial charge >= 0.3 is 12.1 Å². The number of alkyl halides is 3. The molecule has 0 saturated heterocycles. The molecule has 0 radical (unpaired) electrons. The van der Waals surface area contributed by atoms with Gasteiger partial charge in [0.2, 0.25) is 0 Å². The Morgan fingerprint density at radius 1 is 1.28 bits per heavy atom. The van der Waals surface area contributed by atoms with Crippen molar-refractivity contribution in [1.29, 1.82) is 0 Å². The summed E-state index contributed by atoms with van der Waals surface area (Å²) in [5, 5.41) is 15.3. The fraction of sp³-hybridized carbons (Fsp3) is 0.286. The molecule has 0 aliphatic carbocycles. The highest BCUT2D eigenvalue weighted by molar-refractivity contribution is 6.30. The maximum Gasteiger partial charge on any atom is 0.490 e. The lowest BCUT2D eigenvalue weighted by Gasteiger charge is -2.11. The van der Waals surface area contributed by atoms with Crippen LogP contribution in [0.3, 0.4) is 0 Å². The van der Waals surface area contributed by atoms with E-state index in [0.29, 0.717) is 53.2 Å². The molecule has 0 fully saturated rings. The number of carbonyl (C=O) groups is 1. The van der Waals surface area contributed by atoms with Gasteiger partial charge in [0.25, 0.3) is 0 Å². The lowest BCUT2D eigenvalue weighted by atomic mass is 10.1. The molecule has 11 nitrogen and oxygen atoms in total. The number of ether oxygens (including phenoxy) is 1. The van der Waals surface area contributed by atoms with Gasteiger partial charge < -0.3 is 25.9 Å². The van der Waals surface area contributed by atoms with Gasteiger partial charge in [-0.1, -0.05) is 23.7 Å². The number of aryl methyl sites for hydroxylation is 1. The topological polar surface area (TPSA) is 168 Å². The number of benzene rings is 1. The third kappa shape index (κ3) is 5.83. The molecule has 4 rings (SSSR count). The second-order valence-electron chi connectivity index (χ2n) is 7.15. The van der Waals surface area contributed by atoms with E-state index in [4.69, 9.17) is 47.3 Å². The normalized spacial score (nSPS) is 11.3. The predicted octanol–water partition coefficient (Wildman–Crippen LogP) is 3.76. The molecule has 5 N–H and O–H groups in total. The van der Waals surface area contributed by atoms with E-state index in [2.05, 4.69) is 15.3 Å². The summed E-state index contributed by atoms with van der Waals surface area (Å²) in [4.78, 5) is 18.3. The van der Waals surface area contributed by atoms with Crippen LogP contribution in [0, 0.1) is 0 Å². The highest BCUT2D eigenvalue weighted by Crippen LogP contribution is 2.37. The smallest absolute Gasteiger partial charge is 0.490 e. The molecule has 192 valence electrons. The van der Waals surface area contributed by atoms with Crippen molar-refractivity contribution < 1.29 is 32.4 Å². The Morgan fingerprint density at radius 2 is 2.00 bits per heavy atom. The zero-order valence-electron chi connectivity index (χ0n) is 18.8. The minimum absolute atomic E-state index is 0.165. The molecular formula is C21H21ClF3N7O4. The molecule has 0 aliphatic rings. The monoisotopic (exact) mass is 527 g/mol. The SMILES string of the molecule is CCn1c(-c2nonc2N)nc2c(-c3cccc(Cl)c3)ncc(OCCCN)c21.O=C(O)C(F)(F)F. The Morgan fingerprint density at radius 3 is 2.56 bits per heavy atom. The Kier molecular flexibility index (Phi) is 8.32. The first-order valence-corrected chi connectivity index (χ1v) is 10.8. The van der Waals surface area contributed by atoms with Crippen molar-refractivity contribution in [1.82, 2.24) is 24.8 Å². The summed E-state index contributed by atoms with van der Waals surface area (Å²) in [6.45, 7) is 3.61. The van der Waals surface area contributed by atoms with Crippen molar-refractivity contribution in [3.05, 3.63) is 35.5 Å². The zero-order chi connectivity index (χ0) is 26.5. The third-order valence-corrected chi connectivity index (χ3v) is 4.96. The summed E-state index contributed by atoms with van der Waals surface area (Å²) in [5.41, 5.74) is 14.8. The number of hydrogen-bond acceptors (Lipinski definition) is 9. The highest BCUT2D eigenvalue weighted by atomic mass is 35.5. The van der Waals surface area contributed by atoms with Crippen LogP contribution in [-0.4, -0.2) is 55.3 Å². The average Bonchev–Trinajstić information content (AvgIpc) is 3.42. The average molecular weight is 528 g/mol. The van der Waals surface area contributed by atoms with Gasteiger partial charge in [0.1, 0.15) is 11.0 Å². The molecule has 0 saturated carbocycles. The van der Waals surface area contributed by atoms with E-state index in [9.17, 15) is 13.2 Å². The fourth-order valence-corrected chi connectivity index (χ4v) is 3.36. The third-order valence-electron chi connectivity index (χ3n) is 4.72. The quantitative estimate of drug-likeness (QED) is 0.301. The number of nitrogens with zero attached hydrogens (tertiary/aromatic N) is 5. The number of carboxylic acid groups (broad SMARTS) is 1. The number of anilines is 1. The van der Waals surface area contributed by atoms with Crippen molar-refractivity contribution in [2.45, 2.75) is 26.1 Å². The van der Waals surface area contributed by atoms with Gasteiger partial charge in [-0.25, -0.2) is 19.4 Å². The van der Waals surface area contributed by atoms with Crippen LogP contribution in [-0.2, 0) is 11.3 Å². The molecule has 15 heteroatoms. The van der Waals surface area contributed by atoms with Crippen LogP contribution < -0.4 is 16.2 Å². The molecule has 4 aromatic rings. The van der Waals surface area contributed by atoms with Gasteiger partial charge in [0, 0.05) is 17.1 Å². The summed E-state index contributed by atoms with van der Waals surface area (Å²) >= 11 is 6.19. The summed E-state index contributed by atoms with van der Waals surface area (Å²) < 4.78 is 44.4. The summed E-state index contributed by atoms with van der Waals surface area (Å²) in [5.74, 6) is -1.46. The van der Waals surface area contributed by atoms with Crippen LogP contribution in [0.25, 0.3) is 33.8 Å². The number of aliphatic carboxylic acids is 1. The maximum absolute atomic E-state index is 10.6. The first kappa shape index (κ1) is 26.7. The Hall–Kier alpha value is -3.91. The van der Waals surface area contributed by atoms with Crippen LogP contribution in [0.2, 0.25) is 5.02 Å². The number of carboxylic acids is 1. The number of fused-ring (bicyclic) bond motifs is 1. The van der Waals surface area contributed by atoms with Crippen LogP contribution in [0.1, 0.15) is 13.3 Å². The number of pyridine rings is 1. The van der Waals surface area contributed by atoms with E-state index < -0.39 is 12.1 Å². The van der Waals surface area contributed by atoms with Crippen molar-refractivity contribution in [3.63, 3.8) is 0 Å². The molecule has 1 aromatic carbocycles. The molecule has 0 unspecified atom stereocenters. The summed E-state index contributed by atoms with van der Waals surface area (Å²) in [7, 11) is 0. The second kappa shape index (κ2) is 11.2. The van der Waals surface area contributed by atoms with E-state index in [0.717, 1.165) is 17.5 Å². The predicted molar refractivity (Wildman–Crippen MR) is 124 cm³/mol.